The molecule has 3 rings (SSSR count). The fourth-order valence-electron chi connectivity index (χ4n) is 3.50. The zero-order valence-electron chi connectivity index (χ0n) is 16.0. The van der Waals surface area contributed by atoms with Gasteiger partial charge < -0.3 is 10.6 Å². The summed E-state index contributed by atoms with van der Waals surface area (Å²) >= 11 is 6.44. The second-order valence-corrected chi connectivity index (χ2v) is 7.87. The molecule has 1 aliphatic heterocycles. The van der Waals surface area contributed by atoms with Gasteiger partial charge in [-0.3, -0.25) is 0 Å². The van der Waals surface area contributed by atoms with Crippen molar-refractivity contribution < 1.29 is 13.2 Å². The molecular formula is C22H26ClF3N2. The van der Waals surface area contributed by atoms with Gasteiger partial charge in [-0.2, -0.15) is 13.2 Å². The molecule has 6 heteroatoms. The zero-order valence-corrected chi connectivity index (χ0v) is 16.8. The summed E-state index contributed by atoms with van der Waals surface area (Å²) in [5.41, 5.74) is 5.60. The lowest BCUT2D eigenvalue weighted by atomic mass is 9.99. The number of hydrogen-bond donors (Lipinski definition) is 2. The largest absolute Gasteiger partial charge is 0.391 e. The minimum atomic E-state index is -4.12. The van der Waals surface area contributed by atoms with Crippen molar-refractivity contribution in [3.8, 4) is 0 Å². The van der Waals surface area contributed by atoms with Gasteiger partial charge >= 0.3 is 6.18 Å². The summed E-state index contributed by atoms with van der Waals surface area (Å²) in [6.07, 6.45) is -1.65. The monoisotopic (exact) mass is 410 g/mol. The molecule has 0 aromatic heterocycles. The second-order valence-electron chi connectivity index (χ2n) is 7.46. The van der Waals surface area contributed by atoms with Crippen molar-refractivity contribution in [1.82, 2.24) is 5.32 Å². The van der Waals surface area contributed by atoms with Crippen molar-refractivity contribution in [1.29, 1.82) is 0 Å². The maximum absolute atomic E-state index is 12.6. The van der Waals surface area contributed by atoms with Crippen LogP contribution in [0.2, 0.25) is 5.02 Å². The Morgan fingerprint density at radius 2 is 1.71 bits per heavy atom. The molecule has 0 fully saturated rings. The molecule has 0 saturated carbocycles. The van der Waals surface area contributed by atoms with Crippen LogP contribution in [-0.4, -0.2) is 19.3 Å². The van der Waals surface area contributed by atoms with E-state index in [2.05, 4.69) is 16.7 Å². The number of aryl methyl sites for hydroxylation is 1. The van der Waals surface area contributed by atoms with Crippen molar-refractivity contribution in [2.75, 3.05) is 18.4 Å². The molecule has 1 aliphatic rings. The van der Waals surface area contributed by atoms with E-state index < -0.39 is 12.1 Å². The number of hydrogen-bond acceptors (Lipinski definition) is 2. The van der Waals surface area contributed by atoms with E-state index in [1.165, 1.54) is 18.1 Å². The second kappa shape index (κ2) is 9.19. The summed E-state index contributed by atoms with van der Waals surface area (Å²) in [7, 11) is 0. The van der Waals surface area contributed by atoms with E-state index in [1.54, 1.807) is 0 Å². The van der Waals surface area contributed by atoms with E-state index >= 15 is 0 Å². The van der Waals surface area contributed by atoms with Crippen molar-refractivity contribution in [2.24, 2.45) is 5.92 Å². The first-order valence-electron chi connectivity index (χ1n) is 9.74. The van der Waals surface area contributed by atoms with Crippen molar-refractivity contribution >= 4 is 17.3 Å². The average molecular weight is 411 g/mol. The standard InChI is InChI=1S/C22H26ClF3N2/c1-15(22(24,25)26)2-3-16-4-6-17(7-5-16)14-28-21-19-11-13-27-12-10-18(19)8-9-20(21)23/h4-9,15,27-28H,2-3,10-14H2,1H3. The van der Waals surface area contributed by atoms with Gasteiger partial charge in [-0.1, -0.05) is 48.9 Å². The van der Waals surface area contributed by atoms with E-state index in [1.807, 2.05) is 30.3 Å². The van der Waals surface area contributed by atoms with E-state index in [0.29, 0.717) is 13.0 Å². The minimum Gasteiger partial charge on any atom is -0.380 e. The Labute approximate surface area is 169 Å². The van der Waals surface area contributed by atoms with Gasteiger partial charge in [0.1, 0.15) is 0 Å². The molecule has 28 heavy (non-hydrogen) atoms. The van der Waals surface area contributed by atoms with Crippen LogP contribution in [0.1, 0.15) is 35.6 Å². The van der Waals surface area contributed by atoms with Gasteiger partial charge in [0, 0.05) is 6.54 Å². The van der Waals surface area contributed by atoms with Gasteiger partial charge in [0.25, 0.3) is 0 Å². The van der Waals surface area contributed by atoms with E-state index in [4.69, 9.17) is 11.6 Å². The van der Waals surface area contributed by atoms with Gasteiger partial charge in [-0.25, -0.2) is 0 Å². The number of halogens is 4. The van der Waals surface area contributed by atoms with Crippen LogP contribution >= 0.6 is 11.6 Å². The third-order valence-electron chi connectivity index (χ3n) is 5.40. The maximum Gasteiger partial charge on any atom is 0.391 e. The number of nitrogens with one attached hydrogen (secondary N) is 2. The number of benzene rings is 2. The first-order valence-corrected chi connectivity index (χ1v) is 10.1. The first-order chi connectivity index (χ1) is 13.3. The maximum atomic E-state index is 12.6. The lowest BCUT2D eigenvalue weighted by Crippen LogP contribution is -2.20. The normalized spacial score (nSPS) is 15.6. The molecule has 2 aromatic rings. The Bertz CT molecular complexity index is 788. The van der Waals surface area contributed by atoms with E-state index in [-0.39, 0.29) is 6.42 Å². The van der Waals surface area contributed by atoms with E-state index in [9.17, 15) is 13.2 Å². The van der Waals surface area contributed by atoms with Crippen LogP contribution in [0.5, 0.6) is 0 Å². The Balaban J connectivity index is 1.61. The molecule has 1 unspecified atom stereocenters. The number of anilines is 1. The van der Waals surface area contributed by atoms with Crippen molar-refractivity contribution in [3.05, 3.63) is 63.7 Å². The molecule has 2 aromatic carbocycles. The van der Waals surface area contributed by atoms with Gasteiger partial charge in [0.05, 0.1) is 16.6 Å². The van der Waals surface area contributed by atoms with Gasteiger partial charge in [0.2, 0.25) is 0 Å². The van der Waals surface area contributed by atoms with Gasteiger partial charge in [-0.15, -0.1) is 0 Å². The highest BCUT2D eigenvalue weighted by atomic mass is 35.5. The zero-order chi connectivity index (χ0) is 20.1. The quantitative estimate of drug-likeness (QED) is 0.631. The summed E-state index contributed by atoms with van der Waals surface area (Å²) in [4.78, 5) is 0. The third-order valence-corrected chi connectivity index (χ3v) is 5.71. The highest BCUT2D eigenvalue weighted by molar-refractivity contribution is 6.33. The first kappa shape index (κ1) is 21.0. The number of alkyl halides is 3. The molecule has 2 nitrogen and oxygen atoms in total. The van der Waals surface area contributed by atoms with Crippen molar-refractivity contribution in [2.45, 2.75) is 45.3 Å². The Hall–Kier alpha value is -1.72. The summed E-state index contributed by atoms with van der Waals surface area (Å²) in [6, 6.07) is 11.8. The predicted molar refractivity (Wildman–Crippen MR) is 109 cm³/mol. The highest BCUT2D eigenvalue weighted by Gasteiger charge is 2.35. The third kappa shape index (κ3) is 5.42. The summed E-state index contributed by atoms with van der Waals surface area (Å²) in [5.74, 6) is -1.28. The molecule has 2 N–H and O–H groups in total. The van der Waals surface area contributed by atoms with Crippen LogP contribution in [0.4, 0.5) is 18.9 Å². The molecule has 1 heterocycles. The highest BCUT2D eigenvalue weighted by Crippen LogP contribution is 2.31. The number of rotatable bonds is 6. The lowest BCUT2D eigenvalue weighted by molar-refractivity contribution is -0.170. The molecule has 0 bridgehead atoms. The van der Waals surface area contributed by atoms with Crippen LogP contribution < -0.4 is 10.6 Å². The summed E-state index contributed by atoms with van der Waals surface area (Å²) < 4.78 is 37.9. The fraction of sp³-hybridized carbons (Fsp3) is 0.455. The van der Waals surface area contributed by atoms with Crippen LogP contribution in [0.3, 0.4) is 0 Å². The molecule has 152 valence electrons. The molecule has 0 saturated heterocycles. The Morgan fingerprint density at radius 3 is 2.43 bits per heavy atom. The summed E-state index contributed by atoms with van der Waals surface area (Å²) in [6.45, 7) is 3.78. The minimum absolute atomic E-state index is 0.112. The van der Waals surface area contributed by atoms with Crippen LogP contribution in [0.15, 0.2) is 36.4 Å². The topological polar surface area (TPSA) is 24.1 Å². The van der Waals surface area contributed by atoms with Crippen LogP contribution in [0.25, 0.3) is 0 Å². The smallest absolute Gasteiger partial charge is 0.380 e. The molecular weight excluding hydrogens is 385 g/mol. The fourth-order valence-corrected chi connectivity index (χ4v) is 3.74. The Kier molecular flexibility index (Phi) is 6.89. The molecule has 1 atom stereocenters. The molecule has 0 spiro atoms. The van der Waals surface area contributed by atoms with Gasteiger partial charge in [0.15, 0.2) is 0 Å². The SMILES string of the molecule is CC(CCc1ccc(CNc2c(Cl)ccc3c2CCNCC3)cc1)C(F)(F)F. The van der Waals surface area contributed by atoms with Gasteiger partial charge in [-0.05, 0) is 67.1 Å². The van der Waals surface area contributed by atoms with Crippen LogP contribution in [0, 0.1) is 5.92 Å². The molecule has 0 aliphatic carbocycles. The lowest BCUT2D eigenvalue weighted by Gasteiger charge is -2.17. The Morgan fingerprint density at radius 1 is 1.04 bits per heavy atom. The molecule has 0 radical (unpaired) electrons. The van der Waals surface area contributed by atoms with E-state index in [0.717, 1.165) is 47.8 Å². The van der Waals surface area contributed by atoms with Crippen molar-refractivity contribution in [3.63, 3.8) is 0 Å². The molecule has 0 amide bonds. The average Bonchev–Trinajstić information content (AvgIpc) is 2.91. The van der Waals surface area contributed by atoms with Crippen LogP contribution in [-0.2, 0) is 25.8 Å². The number of fused-ring (bicyclic) bond motifs is 1. The summed E-state index contributed by atoms with van der Waals surface area (Å²) in [5, 5.41) is 7.60. The predicted octanol–water partition coefficient (Wildman–Crippen LogP) is 5.77.